The third-order valence-corrected chi connectivity index (χ3v) is 11.8. The van der Waals surface area contributed by atoms with Crippen LogP contribution in [0, 0.1) is 6.92 Å². The van der Waals surface area contributed by atoms with E-state index in [1.807, 2.05) is 48.5 Å². The topological polar surface area (TPSA) is 24.9 Å². The van der Waals surface area contributed by atoms with Crippen LogP contribution in [-0.4, -0.2) is 0 Å². The van der Waals surface area contributed by atoms with Crippen LogP contribution < -0.4 is 19.3 Å². The Hall–Kier alpha value is -7.82. The van der Waals surface area contributed by atoms with Gasteiger partial charge in [0.1, 0.15) is 0 Å². The molecule has 0 bridgehead atoms. The lowest BCUT2D eigenvalue weighted by Gasteiger charge is -2.33. The first-order chi connectivity index (χ1) is 29.2. The van der Waals surface area contributed by atoms with E-state index in [9.17, 15) is 0 Å². The Morgan fingerprint density at radius 3 is 1.25 bits per heavy atom. The van der Waals surface area contributed by atoms with Crippen LogP contribution in [0.4, 0.5) is 34.1 Å². The van der Waals surface area contributed by atoms with Crippen LogP contribution in [0.15, 0.2) is 200 Å². The number of benzene rings is 10. The predicted molar refractivity (Wildman–Crippen MR) is 244 cm³/mol. The van der Waals surface area contributed by atoms with E-state index in [0.717, 1.165) is 57.1 Å². The fourth-order valence-electron chi connectivity index (χ4n) is 9.22. The van der Waals surface area contributed by atoms with Crippen molar-refractivity contribution in [3.05, 3.63) is 206 Å². The number of para-hydroxylation sites is 8. The van der Waals surface area contributed by atoms with Gasteiger partial charge in [0.05, 0.1) is 22.7 Å². The summed E-state index contributed by atoms with van der Waals surface area (Å²) in [4.78, 5) is 4.68. The Balaban J connectivity index is 1.19. The number of hydrogen-bond donors (Lipinski definition) is 0. The van der Waals surface area contributed by atoms with Gasteiger partial charge in [-0.05, 0) is 140 Å². The molecular formula is C55H36N2O2. The van der Waals surface area contributed by atoms with E-state index in [2.05, 4.69) is 168 Å². The van der Waals surface area contributed by atoms with Crippen molar-refractivity contribution in [3.63, 3.8) is 0 Å². The highest BCUT2D eigenvalue weighted by Gasteiger charge is 2.29. The normalized spacial score (nSPS) is 12.7. The van der Waals surface area contributed by atoms with Gasteiger partial charge < -0.3 is 19.3 Å². The number of anilines is 6. The van der Waals surface area contributed by atoms with Crippen molar-refractivity contribution in [3.8, 4) is 45.3 Å². The van der Waals surface area contributed by atoms with Crippen LogP contribution in [0.1, 0.15) is 5.56 Å². The second-order valence-corrected chi connectivity index (χ2v) is 15.4. The van der Waals surface area contributed by atoms with Crippen molar-refractivity contribution in [1.29, 1.82) is 0 Å². The number of fused-ring (bicyclic) bond motifs is 7. The van der Waals surface area contributed by atoms with Crippen molar-refractivity contribution >= 4 is 66.4 Å². The molecule has 278 valence electrons. The third kappa shape index (κ3) is 5.30. The van der Waals surface area contributed by atoms with Gasteiger partial charge in [0.15, 0.2) is 23.0 Å². The number of aryl methyl sites for hydroxylation is 1. The molecule has 2 aliphatic heterocycles. The molecule has 4 nitrogen and oxygen atoms in total. The highest BCUT2D eigenvalue weighted by Crippen LogP contribution is 2.54. The van der Waals surface area contributed by atoms with Gasteiger partial charge in [-0.3, -0.25) is 0 Å². The second kappa shape index (κ2) is 13.1. The van der Waals surface area contributed by atoms with E-state index in [1.165, 1.54) is 60.1 Å². The molecule has 0 spiro atoms. The molecule has 4 heteroatoms. The molecule has 0 saturated heterocycles. The summed E-state index contributed by atoms with van der Waals surface area (Å²) in [5.41, 5.74) is 12.1. The summed E-state index contributed by atoms with van der Waals surface area (Å²) in [6, 6.07) is 71.6. The van der Waals surface area contributed by atoms with Crippen molar-refractivity contribution in [2.75, 3.05) is 9.80 Å². The van der Waals surface area contributed by atoms with Crippen LogP contribution in [0.25, 0.3) is 54.6 Å². The summed E-state index contributed by atoms with van der Waals surface area (Å²) in [7, 11) is 0. The minimum Gasteiger partial charge on any atom is -0.453 e. The molecular weight excluding hydrogens is 721 g/mol. The molecule has 0 radical (unpaired) electrons. The summed E-state index contributed by atoms with van der Waals surface area (Å²) in [5.74, 6) is 3.33. The van der Waals surface area contributed by atoms with Crippen molar-refractivity contribution < 1.29 is 9.47 Å². The van der Waals surface area contributed by atoms with E-state index >= 15 is 0 Å². The Bertz CT molecular complexity index is 3240. The molecule has 12 rings (SSSR count). The van der Waals surface area contributed by atoms with Crippen LogP contribution >= 0.6 is 0 Å². The van der Waals surface area contributed by atoms with E-state index < -0.39 is 0 Å². The number of hydrogen-bond acceptors (Lipinski definition) is 4. The Morgan fingerprint density at radius 1 is 0.322 bits per heavy atom. The van der Waals surface area contributed by atoms with E-state index in [1.54, 1.807) is 0 Å². The molecule has 10 aromatic rings. The van der Waals surface area contributed by atoms with Crippen molar-refractivity contribution in [2.45, 2.75) is 6.92 Å². The van der Waals surface area contributed by atoms with Crippen LogP contribution in [0.5, 0.6) is 23.0 Å². The van der Waals surface area contributed by atoms with Crippen LogP contribution in [0.2, 0.25) is 0 Å². The van der Waals surface area contributed by atoms with Crippen LogP contribution in [-0.2, 0) is 0 Å². The lowest BCUT2D eigenvalue weighted by atomic mass is 9.84. The highest BCUT2D eigenvalue weighted by molar-refractivity contribution is 6.23. The molecule has 0 unspecified atom stereocenters. The zero-order chi connectivity index (χ0) is 39.0. The fraction of sp³-hybridized carbons (Fsp3) is 0.0182. The van der Waals surface area contributed by atoms with Gasteiger partial charge in [-0.1, -0.05) is 127 Å². The molecule has 59 heavy (non-hydrogen) atoms. The summed E-state index contributed by atoms with van der Waals surface area (Å²) >= 11 is 0. The zero-order valence-electron chi connectivity index (χ0n) is 32.3. The summed E-state index contributed by atoms with van der Waals surface area (Å²) < 4.78 is 12.9. The van der Waals surface area contributed by atoms with Gasteiger partial charge in [-0.2, -0.15) is 0 Å². The smallest absolute Gasteiger partial charge is 0.151 e. The van der Waals surface area contributed by atoms with Gasteiger partial charge in [-0.15, -0.1) is 0 Å². The van der Waals surface area contributed by atoms with E-state index in [-0.39, 0.29) is 0 Å². The summed E-state index contributed by atoms with van der Waals surface area (Å²) in [6.45, 7) is 2.18. The van der Waals surface area contributed by atoms with Gasteiger partial charge in [0, 0.05) is 11.4 Å². The largest absolute Gasteiger partial charge is 0.453 e. The summed E-state index contributed by atoms with van der Waals surface area (Å²) in [6.07, 6.45) is 0. The lowest BCUT2D eigenvalue weighted by molar-refractivity contribution is 0.477. The molecule has 0 fully saturated rings. The van der Waals surface area contributed by atoms with Gasteiger partial charge >= 0.3 is 0 Å². The molecule has 2 aliphatic rings. The Morgan fingerprint density at radius 2 is 0.763 bits per heavy atom. The maximum atomic E-state index is 6.45. The van der Waals surface area contributed by atoms with Crippen molar-refractivity contribution in [2.24, 2.45) is 0 Å². The van der Waals surface area contributed by atoms with Gasteiger partial charge in [0.25, 0.3) is 0 Å². The maximum absolute atomic E-state index is 6.45. The average molecular weight is 757 g/mol. The molecule has 0 saturated carbocycles. The summed E-state index contributed by atoms with van der Waals surface area (Å²) in [5, 5.41) is 7.15. The third-order valence-electron chi connectivity index (χ3n) is 11.8. The molecule has 0 aromatic heterocycles. The molecule has 0 aliphatic carbocycles. The second-order valence-electron chi connectivity index (χ2n) is 15.4. The molecule has 0 atom stereocenters. The standard InChI is InChI=1S/C55H36N2O2/c1-35-13-12-16-38(31-35)54-42-29-27-41(57-48-19-6-10-23-52(48)59-53-24-11-7-20-49(53)57)34-45(42)55(39-26-25-36-14-2-3-15-37(36)32-39)43-30-28-40(33-44(43)54)56-46-17-4-8-21-50(46)58-51-22-9-5-18-47(51)56/h2-34H,1H3. The number of rotatable bonds is 4. The minimum atomic E-state index is 0.832. The molecule has 0 N–H and O–H groups in total. The molecule has 0 amide bonds. The number of ether oxygens (including phenoxy) is 2. The predicted octanol–water partition coefficient (Wildman–Crippen LogP) is 15.9. The lowest BCUT2D eigenvalue weighted by Crippen LogP contribution is -2.15. The van der Waals surface area contributed by atoms with Gasteiger partial charge in [-0.25, -0.2) is 0 Å². The van der Waals surface area contributed by atoms with Gasteiger partial charge in [0.2, 0.25) is 0 Å². The molecule has 2 heterocycles. The van der Waals surface area contributed by atoms with Crippen LogP contribution in [0.3, 0.4) is 0 Å². The van der Waals surface area contributed by atoms with E-state index in [4.69, 9.17) is 9.47 Å². The molecule has 10 aromatic carbocycles. The zero-order valence-corrected chi connectivity index (χ0v) is 32.3. The number of nitrogens with zero attached hydrogens (tertiary/aromatic N) is 2. The Kier molecular flexibility index (Phi) is 7.41. The fourth-order valence-corrected chi connectivity index (χ4v) is 9.22. The first-order valence-corrected chi connectivity index (χ1v) is 20.1. The Labute approximate surface area is 342 Å². The van der Waals surface area contributed by atoms with E-state index in [0.29, 0.717) is 0 Å². The highest BCUT2D eigenvalue weighted by atomic mass is 16.5. The average Bonchev–Trinajstić information content (AvgIpc) is 3.28. The minimum absolute atomic E-state index is 0.832. The quantitative estimate of drug-likeness (QED) is 0.167. The maximum Gasteiger partial charge on any atom is 0.151 e. The van der Waals surface area contributed by atoms with Crippen molar-refractivity contribution in [1.82, 2.24) is 0 Å². The first kappa shape index (κ1) is 33.3. The SMILES string of the molecule is Cc1cccc(-c2c3ccc(N4c5ccccc5Oc5ccccc54)cc3c(-c3ccc4ccccc4c3)c3ccc(N4c5ccccc5Oc5ccccc54)cc23)c1. The monoisotopic (exact) mass is 756 g/mol. The first-order valence-electron chi connectivity index (χ1n) is 20.1.